The first kappa shape index (κ1) is 18.0. The van der Waals surface area contributed by atoms with E-state index in [2.05, 4.69) is 5.32 Å². The van der Waals surface area contributed by atoms with Gasteiger partial charge in [0.25, 0.3) is 0 Å². The number of nitrogens with two attached hydrogens (primary N) is 1. The summed E-state index contributed by atoms with van der Waals surface area (Å²) in [6, 6.07) is 0.104. The molecule has 2 aliphatic rings. The molecule has 0 bridgehead atoms. The van der Waals surface area contributed by atoms with Crippen LogP contribution < -0.4 is 11.1 Å². The van der Waals surface area contributed by atoms with Crippen LogP contribution in [0.15, 0.2) is 0 Å². The van der Waals surface area contributed by atoms with Crippen LogP contribution in [0.4, 0.5) is 4.79 Å². The Morgan fingerprint density at radius 2 is 1.91 bits per heavy atom. The first-order valence-electron chi connectivity index (χ1n) is 8.74. The number of hydrogen-bond donors (Lipinski definition) is 2. The number of nitrogens with zero attached hydrogens (tertiary/aromatic N) is 1. The van der Waals surface area contributed by atoms with Crippen LogP contribution in [0.5, 0.6) is 0 Å². The molecule has 2 rings (SSSR count). The average molecular weight is 325 g/mol. The topological polar surface area (TPSA) is 84.7 Å². The van der Waals surface area contributed by atoms with Gasteiger partial charge in [-0.25, -0.2) is 4.79 Å². The number of carbonyl (C=O) groups excluding carboxylic acids is 2. The van der Waals surface area contributed by atoms with Crippen LogP contribution in [-0.2, 0) is 9.53 Å². The molecule has 1 aliphatic carbocycles. The Bertz CT molecular complexity index is 447. The summed E-state index contributed by atoms with van der Waals surface area (Å²) < 4.78 is 5.56. The summed E-state index contributed by atoms with van der Waals surface area (Å²) in [7, 11) is 0. The first-order valence-corrected chi connectivity index (χ1v) is 8.74. The quantitative estimate of drug-likeness (QED) is 0.828. The molecule has 132 valence electrons. The van der Waals surface area contributed by atoms with E-state index >= 15 is 0 Å². The molecule has 23 heavy (non-hydrogen) atoms. The van der Waals surface area contributed by atoms with Gasteiger partial charge in [-0.3, -0.25) is 4.79 Å². The van der Waals surface area contributed by atoms with E-state index in [9.17, 15) is 9.59 Å². The Balaban J connectivity index is 2.03. The number of nitrogens with one attached hydrogen (secondary N) is 1. The number of ether oxygens (including phenoxy) is 1. The molecule has 0 spiro atoms. The summed E-state index contributed by atoms with van der Waals surface area (Å²) in [6.07, 6.45) is 5.03. The summed E-state index contributed by atoms with van der Waals surface area (Å²) in [5.41, 5.74) is 4.90. The lowest BCUT2D eigenvalue weighted by Gasteiger charge is -2.35. The number of amides is 2. The second kappa shape index (κ2) is 7.07. The molecule has 0 aromatic heterocycles. The van der Waals surface area contributed by atoms with Gasteiger partial charge < -0.3 is 20.7 Å². The van der Waals surface area contributed by atoms with E-state index in [0.717, 1.165) is 38.6 Å². The van der Waals surface area contributed by atoms with Gasteiger partial charge in [0.1, 0.15) is 5.60 Å². The third-order valence-corrected chi connectivity index (χ3v) is 4.88. The Kier molecular flexibility index (Phi) is 5.55. The predicted octanol–water partition coefficient (Wildman–Crippen LogP) is 2.02. The Labute approximate surface area is 139 Å². The summed E-state index contributed by atoms with van der Waals surface area (Å²) in [4.78, 5) is 25.7. The molecule has 4 atom stereocenters. The molecule has 1 aliphatic heterocycles. The number of primary amides is 1. The maximum atomic E-state index is 12.5. The van der Waals surface area contributed by atoms with Crippen molar-refractivity contribution < 1.29 is 14.3 Å². The fraction of sp³-hybridized carbons (Fsp3) is 0.882. The highest BCUT2D eigenvalue weighted by atomic mass is 16.6. The highest BCUT2D eigenvalue weighted by molar-refractivity contribution is 5.79. The van der Waals surface area contributed by atoms with E-state index in [1.54, 1.807) is 6.92 Å². The molecule has 1 heterocycles. The third kappa shape index (κ3) is 4.59. The van der Waals surface area contributed by atoms with Gasteiger partial charge in [0.15, 0.2) is 0 Å². The average Bonchev–Trinajstić information content (AvgIpc) is 3.03. The van der Waals surface area contributed by atoms with E-state index in [1.165, 1.54) is 0 Å². The molecule has 1 saturated carbocycles. The van der Waals surface area contributed by atoms with Crippen molar-refractivity contribution in [2.45, 2.75) is 83.5 Å². The molecule has 6 nitrogen and oxygen atoms in total. The van der Waals surface area contributed by atoms with Gasteiger partial charge in [-0.1, -0.05) is 6.42 Å². The molecule has 4 unspecified atom stereocenters. The van der Waals surface area contributed by atoms with Gasteiger partial charge >= 0.3 is 6.09 Å². The van der Waals surface area contributed by atoms with Crippen LogP contribution in [0.3, 0.4) is 0 Å². The van der Waals surface area contributed by atoms with Crippen molar-refractivity contribution >= 4 is 12.0 Å². The van der Waals surface area contributed by atoms with Gasteiger partial charge in [0, 0.05) is 18.6 Å². The fourth-order valence-electron chi connectivity index (χ4n) is 3.84. The Hall–Kier alpha value is -1.30. The lowest BCUT2D eigenvalue weighted by molar-refractivity contribution is -0.119. The molecule has 6 heteroatoms. The zero-order valence-electron chi connectivity index (χ0n) is 14.8. The SMILES string of the molecule is CC(NC1CCCC1C1CCCN1C(=O)OC(C)(C)C)C(N)=O. The number of rotatable bonds is 4. The normalized spacial score (nSPS) is 29.6. The smallest absolute Gasteiger partial charge is 0.410 e. The maximum Gasteiger partial charge on any atom is 0.410 e. The second-order valence-corrected chi connectivity index (χ2v) is 7.88. The molecular weight excluding hydrogens is 294 g/mol. The minimum absolute atomic E-state index is 0.199. The van der Waals surface area contributed by atoms with Crippen molar-refractivity contribution in [3.8, 4) is 0 Å². The maximum absolute atomic E-state index is 12.5. The molecule has 0 radical (unpaired) electrons. The van der Waals surface area contributed by atoms with Crippen LogP contribution in [0.1, 0.15) is 59.8 Å². The lowest BCUT2D eigenvalue weighted by Crippen LogP contribution is -2.51. The van der Waals surface area contributed by atoms with E-state index in [-0.39, 0.29) is 30.1 Å². The van der Waals surface area contributed by atoms with Crippen molar-refractivity contribution in [2.75, 3.05) is 6.54 Å². The van der Waals surface area contributed by atoms with Crippen molar-refractivity contribution in [1.29, 1.82) is 0 Å². The monoisotopic (exact) mass is 325 g/mol. The van der Waals surface area contributed by atoms with E-state index in [0.29, 0.717) is 5.92 Å². The van der Waals surface area contributed by atoms with Gasteiger partial charge in [0.05, 0.1) is 6.04 Å². The standard InChI is InChI=1S/C17H31N3O3/c1-11(15(18)21)19-13-8-5-7-12(13)14-9-6-10-20(14)16(22)23-17(2,3)4/h11-14,19H,5-10H2,1-4H3,(H2,18,21). The minimum Gasteiger partial charge on any atom is -0.444 e. The number of likely N-dealkylation sites (tertiary alicyclic amines) is 1. The predicted molar refractivity (Wildman–Crippen MR) is 88.9 cm³/mol. The molecule has 2 fully saturated rings. The first-order chi connectivity index (χ1) is 10.7. The van der Waals surface area contributed by atoms with Gasteiger partial charge in [-0.05, 0) is 59.3 Å². The highest BCUT2D eigenvalue weighted by Gasteiger charge is 2.42. The lowest BCUT2D eigenvalue weighted by atomic mass is 9.92. The third-order valence-electron chi connectivity index (χ3n) is 4.88. The number of hydrogen-bond acceptors (Lipinski definition) is 4. The number of carbonyl (C=O) groups is 2. The van der Waals surface area contributed by atoms with Crippen molar-refractivity contribution in [2.24, 2.45) is 11.7 Å². The zero-order valence-corrected chi connectivity index (χ0v) is 14.8. The van der Waals surface area contributed by atoms with Crippen LogP contribution in [-0.4, -0.2) is 47.2 Å². The fourth-order valence-corrected chi connectivity index (χ4v) is 3.84. The molecule has 3 N–H and O–H groups in total. The van der Waals surface area contributed by atoms with Crippen molar-refractivity contribution in [1.82, 2.24) is 10.2 Å². The second-order valence-electron chi connectivity index (χ2n) is 7.88. The Morgan fingerprint density at radius 3 is 2.52 bits per heavy atom. The summed E-state index contributed by atoms with van der Waals surface area (Å²) in [6.45, 7) is 8.24. The van der Waals surface area contributed by atoms with Crippen molar-refractivity contribution in [3.63, 3.8) is 0 Å². The molecule has 0 aromatic rings. The van der Waals surface area contributed by atoms with Crippen LogP contribution in [0.25, 0.3) is 0 Å². The molecule has 1 saturated heterocycles. The van der Waals surface area contributed by atoms with Crippen molar-refractivity contribution in [3.05, 3.63) is 0 Å². The zero-order chi connectivity index (χ0) is 17.2. The van der Waals surface area contributed by atoms with Crippen LogP contribution in [0.2, 0.25) is 0 Å². The molecular formula is C17H31N3O3. The summed E-state index contributed by atoms with van der Waals surface area (Å²) in [5.74, 6) is 0.0397. The molecule has 2 amide bonds. The van der Waals surface area contributed by atoms with E-state index < -0.39 is 5.60 Å². The van der Waals surface area contributed by atoms with Gasteiger partial charge in [0.2, 0.25) is 5.91 Å². The summed E-state index contributed by atoms with van der Waals surface area (Å²) >= 11 is 0. The van der Waals surface area contributed by atoms with Gasteiger partial charge in [-0.15, -0.1) is 0 Å². The summed E-state index contributed by atoms with van der Waals surface area (Å²) in [5, 5.41) is 3.36. The largest absolute Gasteiger partial charge is 0.444 e. The molecule has 0 aromatic carbocycles. The van der Waals surface area contributed by atoms with E-state index in [1.807, 2.05) is 25.7 Å². The van der Waals surface area contributed by atoms with Crippen LogP contribution in [0, 0.1) is 5.92 Å². The minimum atomic E-state index is -0.474. The van der Waals surface area contributed by atoms with Crippen LogP contribution >= 0.6 is 0 Å². The Morgan fingerprint density at radius 1 is 1.22 bits per heavy atom. The highest BCUT2D eigenvalue weighted by Crippen LogP contribution is 2.36. The van der Waals surface area contributed by atoms with E-state index in [4.69, 9.17) is 10.5 Å². The van der Waals surface area contributed by atoms with Gasteiger partial charge in [-0.2, -0.15) is 0 Å².